The van der Waals surface area contributed by atoms with Crippen LogP contribution in [0.4, 0.5) is 4.39 Å². The van der Waals surface area contributed by atoms with E-state index in [0.29, 0.717) is 21.7 Å². The molecule has 1 aromatic heterocycles. The van der Waals surface area contributed by atoms with Crippen molar-refractivity contribution in [3.63, 3.8) is 0 Å². The van der Waals surface area contributed by atoms with E-state index in [-0.39, 0.29) is 11.7 Å². The molecule has 78 valence electrons. The van der Waals surface area contributed by atoms with Gasteiger partial charge in [0.15, 0.2) is 0 Å². The summed E-state index contributed by atoms with van der Waals surface area (Å²) in [5.41, 5.74) is 0.708. The van der Waals surface area contributed by atoms with E-state index in [9.17, 15) is 4.39 Å². The fourth-order valence-corrected chi connectivity index (χ4v) is 1.63. The highest BCUT2D eigenvalue weighted by atomic mass is 79.9. The van der Waals surface area contributed by atoms with E-state index in [1.165, 1.54) is 6.07 Å². The highest BCUT2D eigenvalue weighted by Gasteiger charge is 2.08. The first-order valence-electron chi connectivity index (χ1n) is 4.17. The van der Waals surface area contributed by atoms with Gasteiger partial charge in [-0.2, -0.15) is 0 Å². The molecule has 0 aliphatic carbocycles. The molecule has 0 amide bonds. The number of halogens is 3. The molecule has 0 unspecified atom stereocenters. The molecule has 2 nitrogen and oxygen atoms in total. The third-order valence-electron chi connectivity index (χ3n) is 1.85. The maximum absolute atomic E-state index is 13.0. The first-order chi connectivity index (χ1) is 7.20. The molecule has 0 saturated heterocycles. The summed E-state index contributed by atoms with van der Waals surface area (Å²) in [6.45, 7) is 0. The smallest absolute Gasteiger partial charge is 0.226 e. The van der Waals surface area contributed by atoms with Crippen LogP contribution in [0.3, 0.4) is 0 Å². The van der Waals surface area contributed by atoms with E-state index in [2.05, 4.69) is 20.9 Å². The number of aromatic nitrogens is 1. The molecule has 1 heterocycles. The number of nitrogens with zero attached hydrogens (tertiary/aromatic N) is 1. The molecule has 0 atom stereocenters. The van der Waals surface area contributed by atoms with Crippen LogP contribution in [0.25, 0.3) is 11.5 Å². The lowest BCUT2D eigenvalue weighted by molar-refractivity contribution is 0.537. The summed E-state index contributed by atoms with van der Waals surface area (Å²) < 4.78 is 18.7. The van der Waals surface area contributed by atoms with Crippen molar-refractivity contribution in [2.75, 3.05) is 0 Å². The monoisotopic (exact) mass is 289 g/mol. The van der Waals surface area contributed by atoms with Gasteiger partial charge in [0.05, 0.1) is 16.5 Å². The Morgan fingerprint density at radius 3 is 2.87 bits per heavy atom. The third-order valence-corrected chi connectivity index (χ3v) is 2.72. The minimum absolute atomic E-state index is 0.273. The average molecular weight is 291 g/mol. The highest BCUT2D eigenvalue weighted by Crippen LogP contribution is 2.25. The topological polar surface area (TPSA) is 26.0 Å². The van der Waals surface area contributed by atoms with Crippen molar-refractivity contribution in [1.82, 2.24) is 4.98 Å². The molecule has 0 fully saturated rings. The van der Waals surface area contributed by atoms with Gasteiger partial charge >= 0.3 is 0 Å². The van der Waals surface area contributed by atoms with E-state index in [0.717, 1.165) is 0 Å². The van der Waals surface area contributed by atoms with Crippen LogP contribution < -0.4 is 0 Å². The van der Waals surface area contributed by atoms with Gasteiger partial charge in [-0.05, 0) is 34.1 Å². The Morgan fingerprint density at radius 1 is 1.47 bits per heavy atom. The number of rotatable bonds is 2. The molecule has 5 heteroatoms. The molecule has 0 radical (unpaired) electrons. The molecule has 0 spiro atoms. The van der Waals surface area contributed by atoms with Gasteiger partial charge < -0.3 is 4.42 Å². The van der Waals surface area contributed by atoms with Gasteiger partial charge in [0, 0.05) is 5.56 Å². The standard InChI is InChI=1S/C10H6BrClFNO/c11-8-3-6(1-2-9(8)13)10-14-5-7(4-12)15-10/h1-3,5H,4H2. The third kappa shape index (κ3) is 2.21. The van der Waals surface area contributed by atoms with Crippen LogP contribution in [-0.4, -0.2) is 4.98 Å². The van der Waals surface area contributed by atoms with Crippen LogP contribution >= 0.6 is 27.5 Å². The van der Waals surface area contributed by atoms with Crippen molar-refractivity contribution in [3.8, 4) is 11.5 Å². The van der Waals surface area contributed by atoms with E-state index >= 15 is 0 Å². The average Bonchev–Trinajstić information content (AvgIpc) is 2.70. The number of hydrogen-bond donors (Lipinski definition) is 0. The van der Waals surface area contributed by atoms with Gasteiger partial charge in [-0.15, -0.1) is 11.6 Å². The Kier molecular flexibility index (Phi) is 3.07. The van der Waals surface area contributed by atoms with E-state index in [1.54, 1.807) is 18.3 Å². The van der Waals surface area contributed by atoms with Gasteiger partial charge in [-0.1, -0.05) is 0 Å². The molecule has 2 rings (SSSR count). The maximum Gasteiger partial charge on any atom is 0.226 e. The summed E-state index contributed by atoms with van der Waals surface area (Å²) in [4.78, 5) is 4.03. The summed E-state index contributed by atoms with van der Waals surface area (Å²) in [6, 6.07) is 4.56. The second-order valence-corrected chi connectivity index (χ2v) is 4.02. The molecular weight excluding hydrogens is 284 g/mol. The zero-order chi connectivity index (χ0) is 10.8. The quantitative estimate of drug-likeness (QED) is 0.782. The fraction of sp³-hybridized carbons (Fsp3) is 0.100. The molecule has 1 aromatic carbocycles. The van der Waals surface area contributed by atoms with Crippen LogP contribution in [0.1, 0.15) is 5.76 Å². The van der Waals surface area contributed by atoms with Gasteiger partial charge in [0.2, 0.25) is 5.89 Å². The van der Waals surface area contributed by atoms with Gasteiger partial charge in [-0.3, -0.25) is 0 Å². The molecule has 2 aromatic rings. The number of hydrogen-bond acceptors (Lipinski definition) is 2. The maximum atomic E-state index is 13.0. The summed E-state index contributed by atoms with van der Waals surface area (Å²) >= 11 is 8.68. The lowest BCUT2D eigenvalue weighted by Crippen LogP contribution is -1.80. The zero-order valence-corrected chi connectivity index (χ0v) is 9.85. The molecule has 0 N–H and O–H groups in total. The molecule has 0 bridgehead atoms. The summed E-state index contributed by atoms with van der Waals surface area (Å²) in [7, 11) is 0. The van der Waals surface area contributed by atoms with Gasteiger partial charge in [0.25, 0.3) is 0 Å². The zero-order valence-electron chi connectivity index (χ0n) is 7.51. The van der Waals surface area contributed by atoms with E-state index in [4.69, 9.17) is 16.0 Å². The molecule has 0 saturated carbocycles. The van der Waals surface area contributed by atoms with Crippen LogP contribution in [-0.2, 0) is 5.88 Å². The Hall–Kier alpha value is -0.870. The lowest BCUT2D eigenvalue weighted by atomic mass is 10.2. The SMILES string of the molecule is Fc1ccc(-c2ncc(CCl)o2)cc1Br. The first-order valence-corrected chi connectivity index (χ1v) is 5.49. The number of alkyl halides is 1. The Labute approximate surface area is 99.2 Å². The minimum atomic E-state index is -0.317. The van der Waals surface area contributed by atoms with E-state index in [1.807, 2.05) is 0 Å². The fourth-order valence-electron chi connectivity index (χ4n) is 1.13. The van der Waals surface area contributed by atoms with E-state index < -0.39 is 0 Å². The molecular formula is C10H6BrClFNO. The van der Waals surface area contributed by atoms with Crippen molar-refractivity contribution in [2.45, 2.75) is 5.88 Å². The van der Waals surface area contributed by atoms with Crippen molar-refractivity contribution in [3.05, 3.63) is 40.4 Å². The predicted octanol–water partition coefficient (Wildman–Crippen LogP) is 3.98. The van der Waals surface area contributed by atoms with Crippen LogP contribution in [0.15, 0.2) is 33.3 Å². The number of benzene rings is 1. The second kappa shape index (κ2) is 4.33. The Morgan fingerprint density at radius 2 is 2.27 bits per heavy atom. The summed E-state index contributed by atoms with van der Waals surface area (Å²) in [5.74, 6) is 0.983. The highest BCUT2D eigenvalue weighted by molar-refractivity contribution is 9.10. The number of oxazole rings is 1. The van der Waals surface area contributed by atoms with Crippen molar-refractivity contribution >= 4 is 27.5 Å². The molecule has 0 aliphatic rings. The summed E-state index contributed by atoms with van der Waals surface area (Å²) in [6.07, 6.45) is 1.56. The second-order valence-electron chi connectivity index (χ2n) is 2.89. The van der Waals surface area contributed by atoms with Crippen molar-refractivity contribution in [1.29, 1.82) is 0 Å². The first kappa shape index (κ1) is 10.6. The minimum Gasteiger partial charge on any atom is -0.440 e. The van der Waals surface area contributed by atoms with Crippen molar-refractivity contribution in [2.24, 2.45) is 0 Å². The van der Waals surface area contributed by atoms with Crippen LogP contribution in [0.5, 0.6) is 0 Å². The molecule has 15 heavy (non-hydrogen) atoms. The Balaban J connectivity index is 2.40. The normalized spacial score (nSPS) is 10.6. The summed E-state index contributed by atoms with van der Waals surface area (Å²) in [5, 5.41) is 0. The van der Waals surface area contributed by atoms with Gasteiger partial charge in [-0.25, -0.2) is 9.37 Å². The van der Waals surface area contributed by atoms with Crippen molar-refractivity contribution < 1.29 is 8.81 Å². The Bertz CT molecular complexity index is 486. The predicted molar refractivity (Wildman–Crippen MR) is 59.2 cm³/mol. The van der Waals surface area contributed by atoms with Crippen LogP contribution in [0, 0.1) is 5.82 Å². The largest absolute Gasteiger partial charge is 0.440 e. The van der Waals surface area contributed by atoms with Crippen LogP contribution in [0.2, 0.25) is 0 Å². The lowest BCUT2D eigenvalue weighted by Gasteiger charge is -1.97. The van der Waals surface area contributed by atoms with Gasteiger partial charge in [0.1, 0.15) is 11.6 Å². The molecule has 0 aliphatic heterocycles.